The second kappa shape index (κ2) is 5.58. The number of nitrogen functional groups attached to an aromatic ring is 1. The lowest BCUT2D eigenvalue weighted by atomic mass is 10.1. The van der Waals surface area contributed by atoms with Gasteiger partial charge >= 0.3 is 0 Å². The van der Waals surface area contributed by atoms with Gasteiger partial charge in [0.05, 0.1) is 5.69 Å². The lowest BCUT2D eigenvalue weighted by molar-refractivity contribution is 0.0873. The fraction of sp³-hybridized carbons (Fsp3) is 0.545. The second-order valence-electron chi connectivity index (χ2n) is 3.80. The minimum atomic E-state index is -0.615. The molecule has 94 valence electrons. The lowest BCUT2D eigenvalue weighted by Gasteiger charge is -2.15. The van der Waals surface area contributed by atoms with Crippen LogP contribution < -0.4 is 11.5 Å². The molecule has 1 atom stereocenters. The molecule has 4 N–H and O–H groups in total. The van der Waals surface area contributed by atoms with Crippen LogP contribution in [0.2, 0.25) is 0 Å². The molecular formula is C11H18N4O2. The molecule has 0 aliphatic rings. The average Bonchev–Trinajstić information content (AvgIpc) is 2.24. The Labute approximate surface area is 100 Å². The van der Waals surface area contributed by atoms with E-state index in [4.69, 9.17) is 16.2 Å². The number of ether oxygens (including phenoxy) is 1. The summed E-state index contributed by atoms with van der Waals surface area (Å²) in [5, 5.41) is 0. The van der Waals surface area contributed by atoms with Crippen molar-refractivity contribution >= 4 is 11.7 Å². The number of carbonyl (C=O) groups excluding carboxylic acids is 1. The second-order valence-corrected chi connectivity index (χ2v) is 3.80. The monoisotopic (exact) mass is 238 g/mol. The van der Waals surface area contributed by atoms with Crippen molar-refractivity contribution in [3.63, 3.8) is 0 Å². The van der Waals surface area contributed by atoms with E-state index < -0.39 is 5.91 Å². The van der Waals surface area contributed by atoms with Gasteiger partial charge in [0.2, 0.25) is 0 Å². The average molecular weight is 238 g/mol. The molecule has 1 aromatic heterocycles. The van der Waals surface area contributed by atoms with Gasteiger partial charge in [-0.05, 0) is 13.3 Å². The highest BCUT2D eigenvalue weighted by molar-refractivity contribution is 5.98. The summed E-state index contributed by atoms with van der Waals surface area (Å²) in [4.78, 5) is 19.5. The van der Waals surface area contributed by atoms with Gasteiger partial charge in [-0.2, -0.15) is 0 Å². The number of rotatable bonds is 5. The van der Waals surface area contributed by atoms with Gasteiger partial charge in [0, 0.05) is 7.11 Å². The predicted octanol–water partition coefficient (Wildman–Crippen LogP) is 0.954. The SMILES string of the molecule is CCCC(OC)c1nc(C)c(C(N)=O)c(N)n1. The molecule has 0 saturated heterocycles. The molecule has 1 aromatic rings. The summed E-state index contributed by atoms with van der Waals surface area (Å²) >= 11 is 0. The molecule has 0 aromatic carbocycles. The Morgan fingerprint density at radius 3 is 2.53 bits per heavy atom. The van der Waals surface area contributed by atoms with Crippen LogP contribution in [-0.4, -0.2) is 23.0 Å². The van der Waals surface area contributed by atoms with E-state index in [9.17, 15) is 4.79 Å². The standard InChI is InChI=1S/C11H18N4O2/c1-4-5-7(17-3)11-14-6(2)8(10(13)16)9(12)15-11/h7H,4-5H2,1-3H3,(H2,13,16)(H2,12,14,15). The third kappa shape index (κ3) is 2.91. The highest BCUT2D eigenvalue weighted by Gasteiger charge is 2.19. The molecule has 0 aliphatic heterocycles. The van der Waals surface area contributed by atoms with E-state index in [1.54, 1.807) is 14.0 Å². The van der Waals surface area contributed by atoms with Crippen molar-refractivity contribution in [1.82, 2.24) is 9.97 Å². The predicted molar refractivity (Wildman–Crippen MR) is 64.4 cm³/mol. The van der Waals surface area contributed by atoms with Gasteiger partial charge in [-0.1, -0.05) is 13.3 Å². The van der Waals surface area contributed by atoms with E-state index in [0.717, 1.165) is 12.8 Å². The summed E-state index contributed by atoms with van der Waals surface area (Å²) in [6.45, 7) is 3.72. The zero-order valence-corrected chi connectivity index (χ0v) is 10.4. The maximum Gasteiger partial charge on any atom is 0.254 e. The van der Waals surface area contributed by atoms with Crippen LogP contribution in [-0.2, 0) is 4.74 Å². The summed E-state index contributed by atoms with van der Waals surface area (Å²) in [5.41, 5.74) is 11.6. The number of carbonyl (C=O) groups is 1. The Morgan fingerprint density at radius 2 is 2.12 bits per heavy atom. The van der Waals surface area contributed by atoms with E-state index >= 15 is 0 Å². The fourth-order valence-electron chi connectivity index (χ4n) is 1.68. The van der Waals surface area contributed by atoms with Crippen molar-refractivity contribution in [2.75, 3.05) is 12.8 Å². The number of nitrogens with zero attached hydrogens (tertiary/aromatic N) is 2. The van der Waals surface area contributed by atoms with Crippen LogP contribution in [0.3, 0.4) is 0 Å². The van der Waals surface area contributed by atoms with E-state index in [0.29, 0.717) is 11.5 Å². The molecule has 0 aliphatic carbocycles. The third-order valence-electron chi connectivity index (χ3n) is 2.50. The summed E-state index contributed by atoms with van der Waals surface area (Å²) in [7, 11) is 1.59. The van der Waals surface area contributed by atoms with Gasteiger partial charge < -0.3 is 16.2 Å². The molecule has 17 heavy (non-hydrogen) atoms. The van der Waals surface area contributed by atoms with E-state index in [2.05, 4.69) is 9.97 Å². The lowest BCUT2D eigenvalue weighted by Crippen LogP contribution is -2.19. The molecular weight excluding hydrogens is 220 g/mol. The first-order chi connectivity index (χ1) is 8.01. The van der Waals surface area contributed by atoms with Crippen molar-refractivity contribution in [2.45, 2.75) is 32.8 Å². The summed E-state index contributed by atoms with van der Waals surface area (Å²) in [6, 6.07) is 0. The maximum absolute atomic E-state index is 11.1. The highest BCUT2D eigenvalue weighted by atomic mass is 16.5. The van der Waals surface area contributed by atoms with Crippen molar-refractivity contribution in [3.8, 4) is 0 Å². The molecule has 0 bridgehead atoms. The molecule has 0 spiro atoms. The fourth-order valence-corrected chi connectivity index (χ4v) is 1.68. The van der Waals surface area contributed by atoms with Crippen LogP contribution in [0.4, 0.5) is 5.82 Å². The van der Waals surface area contributed by atoms with Gasteiger partial charge in [-0.3, -0.25) is 4.79 Å². The number of methoxy groups -OCH3 is 1. The number of hydrogen-bond donors (Lipinski definition) is 2. The molecule has 0 fully saturated rings. The Morgan fingerprint density at radius 1 is 1.47 bits per heavy atom. The largest absolute Gasteiger partial charge is 0.383 e. The zero-order valence-electron chi connectivity index (χ0n) is 10.4. The van der Waals surface area contributed by atoms with Crippen molar-refractivity contribution in [1.29, 1.82) is 0 Å². The molecule has 1 heterocycles. The zero-order chi connectivity index (χ0) is 13.0. The normalized spacial score (nSPS) is 12.4. The van der Waals surface area contributed by atoms with E-state index in [1.165, 1.54) is 0 Å². The van der Waals surface area contributed by atoms with Crippen LogP contribution >= 0.6 is 0 Å². The smallest absolute Gasteiger partial charge is 0.254 e. The minimum absolute atomic E-state index is 0.109. The van der Waals surface area contributed by atoms with Gasteiger partial charge in [-0.25, -0.2) is 9.97 Å². The van der Waals surface area contributed by atoms with Crippen LogP contribution in [0.5, 0.6) is 0 Å². The molecule has 0 radical (unpaired) electrons. The number of aromatic nitrogens is 2. The van der Waals surface area contributed by atoms with Crippen molar-refractivity contribution < 1.29 is 9.53 Å². The molecule has 1 amide bonds. The van der Waals surface area contributed by atoms with Crippen LogP contribution in [0.1, 0.15) is 47.7 Å². The molecule has 6 nitrogen and oxygen atoms in total. The summed E-state index contributed by atoms with van der Waals surface area (Å²) in [6.07, 6.45) is 1.53. The highest BCUT2D eigenvalue weighted by Crippen LogP contribution is 2.21. The topological polar surface area (TPSA) is 104 Å². The molecule has 1 unspecified atom stereocenters. The minimum Gasteiger partial charge on any atom is -0.383 e. The van der Waals surface area contributed by atoms with E-state index in [1.807, 2.05) is 6.92 Å². The van der Waals surface area contributed by atoms with Gasteiger partial charge in [0.15, 0.2) is 5.82 Å². The molecule has 0 saturated carbocycles. The summed E-state index contributed by atoms with van der Waals surface area (Å²) in [5.74, 6) is -0.0106. The molecule has 1 rings (SSSR count). The van der Waals surface area contributed by atoms with Gasteiger partial charge in [0.25, 0.3) is 5.91 Å². The Hall–Kier alpha value is -1.69. The molecule has 6 heteroatoms. The first-order valence-corrected chi connectivity index (χ1v) is 5.47. The number of amides is 1. The third-order valence-corrected chi connectivity index (χ3v) is 2.50. The summed E-state index contributed by atoms with van der Waals surface area (Å²) < 4.78 is 5.29. The van der Waals surface area contributed by atoms with Gasteiger partial charge in [0.1, 0.15) is 17.5 Å². The van der Waals surface area contributed by atoms with E-state index in [-0.39, 0.29) is 17.5 Å². The number of primary amides is 1. The van der Waals surface area contributed by atoms with Crippen molar-refractivity contribution in [2.24, 2.45) is 5.73 Å². The van der Waals surface area contributed by atoms with Crippen LogP contribution in [0.15, 0.2) is 0 Å². The Kier molecular flexibility index (Phi) is 4.39. The number of hydrogen-bond acceptors (Lipinski definition) is 5. The maximum atomic E-state index is 11.1. The first-order valence-electron chi connectivity index (χ1n) is 5.47. The number of anilines is 1. The quantitative estimate of drug-likeness (QED) is 0.794. The van der Waals surface area contributed by atoms with Gasteiger partial charge in [-0.15, -0.1) is 0 Å². The van der Waals surface area contributed by atoms with Crippen LogP contribution in [0, 0.1) is 6.92 Å². The number of nitrogens with two attached hydrogens (primary N) is 2. The van der Waals surface area contributed by atoms with Crippen LogP contribution in [0.25, 0.3) is 0 Å². The number of aryl methyl sites for hydroxylation is 1. The Bertz CT molecular complexity index is 397. The first kappa shape index (κ1) is 13.4. The van der Waals surface area contributed by atoms with Crippen molar-refractivity contribution in [3.05, 3.63) is 17.1 Å². The Balaban J connectivity index is 3.17.